The Morgan fingerprint density at radius 3 is 2.61 bits per heavy atom. The molecule has 1 aliphatic heterocycles. The molecule has 142 valence electrons. The topological polar surface area (TPSA) is 51.9 Å². The monoisotopic (exact) mass is 375 g/mol. The highest BCUT2D eigenvalue weighted by atomic mass is 19.1. The number of nitrogens with one attached hydrogen (secondary N) is 2. The molecule has 0 spiro atoms. The van der Waals surface area contributed by atoms with Crippen molar-refractivity contribution in [3.8, 4) is 0 Å². The fraction of sp³-hybridized carbons (Fsp3) is 0.261. The number of para-hydroxylation sites is 1. The number of H-pyrrole nitrogens is 2. The van der Waals surface area contributed by atoms with E-state index in [-0.39, 0.29) is 11.7 Å². The predicted molar refractivity (Wildman–Crippen MR) is 109 cm³/mol. The molecule has 1 saturated heterocycles. The number of halogens is 1. The SMILES string of the molecule is O=C(Cc1c[nH]c2ccccc12)N1CCC(c2c[nH]c3ccc(F)cc23)CC1. The maximum absolute atomic E-state index is 13.7. The van der Waals surface area contributed by atoms with Gasteiger partial charge in [0.25, 0.3) is 0 Å². The number of rotatable bonds is 3. The second-order valence-corrected chi connectivity index (χ2v) is 7.63. The van der Waals surface area contributed by atoms with Crippen molar-refractivity contribution in [2.75, 3.05) is 13.1 Å². The smallest absolute Gasteiger partial charge is 0.227 e. The molecule has 1 amide bonds. The van der Waals surface area contributed by atoms with Gasteiger partial charge in [0.15, 0.2) is 0 Å². The van der Waals surface area contributed by atoms with E-state index in [2.05, 4.69) is 16.0 Å². The number of hydrogen-bond acceptors (Lipinski definition) is 1. The van der Waals surface area contributed by atoms with Gasteiger partial charge in [0.1, 0.15) is 5.82 Å². The van der Waals surface area contributed by atoms with E-state index in [0.29, 0.717) is 12.3 Å². The van der Waals surface area contributed by atoms with E-state index in [1.54, 1.807) is 12.1 Å². The van der Waals surface area contributed by atoms with Crippen LogP contribution in [0.5, 0.6) is 0 Å². The third-order valence-electron chi connectivity index (χ3n) is 5.98. The summed E-state index contributed by atoms with van der Waals surface area (Å²) < 4.78 is 13.7. The van der Waals surface area contributed by atoms with E-state index in [4.69, 9.17) is 0 Å². The molecule has 5 heteroatoms. The number of benzene rings is 2. The Bertz CT molecular complexity index is 1150. The van der Waals surface area contributed by atoms with E-state index < -0.39 is 0 Å². The van der Waals surface area contributed by atoms with Crippen molar-refractivity contribution < 1.29 is 9.18 Å². The second kappa shape index (κ2) is 6.82. The van der Waals surface area contributed by atoms with Crippen molar-refractivity contribution in [1.29, 1.82) is 0 Å². The van der Waals surface area contributed by atoms with E-state index >= 15 is 0 Å². The van der Waals surface area contributed by atoms with Gasteiger partial charge < -0.3 is 14.9 Å². The molecule has 0 bridgehead atoms. The molecule has 28 heavy (non-hydrogen) atoms. The van der Waals surface area contributed by atoms with Gasteiger partial charge in [-0.05, 0) is 54.2 Å². The number of piperidine rings is 1. The van der Waals surface area contributed by atoms with Crippen LogP contribution in [0.15, 0.2) is 54.9 Å². The van der Waals surface area contributed by atoms with Gasteiger partial charge in [-0.3, -0.25) is 4.79 Å². The lowest BCUT2D eigenvalue weighted by atomic mass is 9.89. The van der Waals surface area contributed by atoms with Crippen LogP contribution >= 0.6 is 0 Å². The van der Waals surface area contributed by atoms with Crippen LogP contribution in [0.25, 0.3) is 21.8 Å². The van der Waals surface area contributed by atoms with Crippen molar-refractivity contribution >= 4 is 27.7 Å². The lowest BCUT2D eigenvalue weighted by molar-refractivity contribution is -0.131. The molecule has 3 heterocycles. The standard InChI is InChI=1S/C23H22FN3O/c24-17-5-6-22-19(12-17)20(14-26-22)15-7-9-27(10-8-15)23(28)11-16-13-25-21-4-2-1-3-18(16)21/h1-6,12-15,25-26H,7-11H2. The molecule has 1 fully saturated rings. The van der Waals surface area contributed by atoms with E-state index in [1.165, 1.54) is 11.6 Å². The van der Waals surface area contributed by atoms with Crippen LogP contribution in [0, 0.1) is 5.82 Å². The summed E-state index contributed by atoms with van der Waals surface area (Å²) in [4.78, 5) is 21.3. The van der Waals surface area contributed by atoms with E-state index in [9.17, 15) is 9.18 Å². The Hall–Kier alpha value is -3.08. The zero-order valence-electron chi connectivity index (χ0n) is 15.5. The molecular weight excluding hydrogens is 353 g/mol. The summed E-state index contributed by atoms with van der Waals surface area (Å²) in [7, 11) is 0. The summed E-state index contributed by atoms with van der Waals surface area (Å²) in [6.45, 7) is 1.49. The molecule has 5 rings (SSSR count). The van der Waals surface area contributed by atoms with Gasteiger partial charge in [-0.25, -0.2) is 4.39 Å². The predicted octanol–water partition coefficient (Wildman–Crippen LogP) is 4.74. The first kappa shape index (κ1) is 17.0. The number of carbonyl (C=O) groups excluding carboxylic acids is 1. The molecule has 4 nitrogen and oxygen atoms in total. The summed E-state index contributed by atoms with van der Waals surface area (Å²) in [5, 5.41) is 2.08. The number of amides is 1. The van der Waals surface area contributed by atoms with Gasteiger partial charge in [-0.1, -0.05) is 18.2 Å². The second-order valence-electron chi connectivity index (χ2n) is 7.63. The fourth-order valence-corrected chi connectivity index (χ4v) is 4.44. The van der Waals surface area contributed by atoms with Gasteiger partial charge in [0, 0.05) is 47.3 Å². The average Bonchev–Trinajstić information content (AvgIpc) is 3.32. The molecule has 0 radical (unpaired) electrons. The third kappa shape index (κ3) is 2.97. The Balaban J connectivity index is 1.27. The number of carbonyl (C=O) groups is 1. The molecule has 0 aliphatic carbocycles. The Morgan fingerprint density at radius 2 is 1.75 bits per heavy atom. The van der Waals surface area contributed by atoms with E-state index in [1.807, 2.05) is 35.5 Å². The maximum atomic E-state index is 13.7. The first-order chi connectivity index (χ1) is 13.7. The first-order valence-corrected chi connectivity index (χ1v) is 9.78. The first-order valence-electron chi connectivity index (χ1n) is 9.78. The van der Waals surface area contributed by atoms with Crippen molar-refractivity contribution in [3.63, 3.8) is 0 Å². The Labute approximate surface area is 162 Å². The van der Waals surface area contributed by atoms with E-state index in [0.717, 1.165) is 53.3 Å². The lowest BCUT2D eigenvalue weighted by Gasteiger charge is -2.32. The number of aromatic nitrogens is 2. The quantitative estimate of drug-likeness (QED) is 0.534. The van der Waals surface area contributed by atoms with Gasteiger partial charge in [-0.15, -0.1) is 0 Å². The zero-order chi connectivity index (χ0) is 19.1. The van der Waals surface area contributed by atoms with Crippen molar-refractivity contribution in [1.82, 2.24) is 14.9 Å². The minimum absolute atomic E-state index is 0.174. The Morgan fingerprint density at radius 1 is 1.00 bits per heavy atom. The minimum atomic E-state index is -0.209. The molecule has 1 aliphatic rings. The summed E-state index contributed by atoms with van der Waals surface area (Å²) in [6, 6.07) is 12.9. The number of fused-ring (bicyclic) bond motifs is 2. The lowest BCUT2D eigenvalue weighted by Crippen LogP contribution is -2.38. The van der Waals surface area contributed by atoms with Gasteiger partial charge >= 0.3 is 0 Å². The summed E-state index contributed by atoms with van der Waals surface area (Å²) in [5.74, 6) is 0.320. The third-order valence-corrected chi connectivity index (χ3v) is 5.98. The van der Waals surface area contributed by atoms with Crippen LogP contribution in [0.4, 0.5) is 4.39 Å². The van der Waals surface area contributed by atoms with Crippen molar-refractivity contribution in [3.05, 3.63) is 71.8 Å². The molecule has 0 atom stereocenters. The zero-order valence-corrected chi connectivity index (χ0v) is 15.5. The molecule has 2 aromatic carbocycles. The van der Waals surface area contributed by atoms with Crippen molar-refractivity contribution in [2.45, 2.75) is 25.2 Å². The highest BCUT2D eigenvalue weighted by Crippen LogP contribution is 2.33. The highest BCUT2D eigenvalue weighted by Gasteiger charge is 2.26. The van der Waals surface area contributed by atoms with Crippen LogP contribution in [0.3, 0.4) is 0 Å². The molecule has 2 N–H and O–H groups in total. The highest BCUT2D eigenvalue weighted by molar-refractivity contribution is 5.89. The average molecular weight is 375 g/mol. The van der Waals surface area contributed by atoms with Crippen LogP contribution < -0.4 is 0 Å². The summed E-state index contributed by atoms with van der Waals surface area (Å²) in [6.07, 6.45) is 6.17. The largest absolute Gasteiger partial charge is 0.361 e. The molecule has 2 aromatic heterocycles. The normalized spacial score (nSPS) is 15.5. The van der Waals surface area contributed by atoms with Gasteiger partial charge in [0.05, 0.1) is 6.42 Å². The number of nitrogens with zero attached hydrogens (tertiary/aromatic N) is 1. The van der Waals surface area contributed by atoms with Crippen LogP contribution in [-0.2, 0) is 11.2 Å². The van der Waals surface area contributed by atoms with Gasteiger partial charge in [-0.2, -0.15) is 0 Å². The minimum Gasteiger partial charge on any atom is -0.361 e. The number of aromatic amines is 2. The molecule has 0 saturated carbocycles. The Kier molecular flexibility index (Phi) is 4.15. The number of hydrogen-bond donors (Lipinski definition) is 2. The maximum Gasteiger partial charge on any atom is 0.227 e. The summed E-state index contributed by atoms with van der Waals surface area (Å²) in [5.41, 5.74) is 4.25. The van der Waals surface area contributed by atoms with Crippen molar-refractivity contribution in [2.24, 2.45) is 0 Å². The summed E-state index contributed by atoms with van der Waals surface area (Å²) >= 11 is 0. The van der Waals surface area contributed by atoms with Crippen LogP contribution in [-0.4, -0.2) is 33.9 Å². The molecular formula is C23H22FN3O. The van der Waals surface area contributed by atoms with Crippen LogP contribution in [0.1, 0.15) is 29.9 Å². The molecule has 4 aromatic rings. The van der Waals surface area contributed by atoms with Gasteiger partial charge in [0.2, 0.25) is 5.91 Å². The van der Waals surface area contributed by atoms with Crippen LogP contribution in [0.2, 0.25) is 0 Å². The number of likely N-dealkylation sites (tertiary alicyclic amines) is 1. The fourth-order valence-electron chi connectivity index (χ4n) is 4.44. The molecule has 0 unspecified atom stereocenters.